The SMILES string of the molecule is O=C(OCc1ccccc1)c1ccc(OC(=O)c2ccc(OCc3ccccc3)cc2OCc2ccccc2)cc1O. The van der Waals surface area contributed by atoms with Gasteiger partial charge in [-0.05, 0) is 41.0 Å². The molecule has 0 aliphatic carbocycles. The van der Waals surface area contributed by atoms with E-state index >= 15 is 0 Å². The molecule has 0 aliphatic rings. The van der Waals surface area contributed by atoms with Crippen LogP contribution in [0.1, 0.15) is 37.4 Å². The summed E-state index contributed by atoms with van der Waals surface area (Å²) in [6.07, 6.45) is 0. The van der Waals surface area contributed by atoms with Crippen LogP contribution in [0.4, 0.5) is 0 Å². The second kappa shape index (κ2) is 13.7. The highest BCUT2D eigenvalue weighted by atomic mass is 16.5. The monoisotopic (exact) mass is 560 g/mol. The van der Waals surface area contributed by atoms with Crippen LogP contribution >= 0.6 is 0 Å². The zero-order valence-corrected chi connectivity index (χ0v) is 22.6. The minimum absolute atomic E-state index is 0.0440. The molecule has 7 heteroatoms. The highest BCUT2D eigenvalue weighted by Crippen LogP contribution is 2.30. The highest BCUT2D eigenvalue weighted by molar-refractivity contribution is 5.95. The number of rotatable bonds is 11. The number of benzene rings is 5. The summed E-state index contributed by atoms with van der Waals surface area (Å²) in [5.74, 6) is -0.920. The van der Waals surface area contributed by atoms with Crippen LogP contribution in [-0.2, 0) is 24.6 Å². The molecule has 0 unspecified atom stereocenters. The van der Waals surface area contributed by atoms with Gasteiger partial charge in [-0.15, -0.1) is 0 Å². The fourth-order valence-corrected chi connectivity index (χ4v) is 4.07. The van der Waals surface area contributed by atoms with Gasteiger partial charge in [0.25, 0.3) is 0 Å². The summed E-state index contributed by atoms with van der Waals surface area (Å²) >= 11 is 0. The lowest BCUT2D eigenvalue weighted by Gasteiger charge is -2.14. The molecule has 0 heterocycles. The van der Waals surface area contributed by atoms with Crippen molar-refractivity contribution in [3.05, 3.63) is 155 Å². The Labute approximate surface area is 243 Å². The maximum atomic E-state index is 13.2. The minimum Gasteiger partial charge on any atom is -0.507 e. The second-order valence-corrected chi connectivity index (χ2v) is 9.34. The lowest BCUT2D eigenvalue weighted by Crippen LogP contribution is -2.12. The standard InChI is InChI=1S/C35H28O7/c36-32-20-29(17-18-30(32)34(37)41-24-27-14-8-3-9-15-27)42-35(38)31-19-16-28(39-22-25-10-4-1-5-11-25)21-33(31)40-23-26-12-6-2-7-13-26/h1-21,36H,22-24H2. The first kappa shape index (κ1) is 28.0. The average Bonchev–Trinajstić information content (AvgIpc) is 3.03. The van der Waals surface area contributed by atoms with Crippen LogP contribution in [0.3, 0.4) is 0 Å². The summed E-state index contributed by atoms with van der Waals surface area (Å²) in [4.78, 5) is 25.7. The zero-order valence-electron chi connectivity index (χ0n) is 22.6. The molecule has 0 radical (unpaired) electrons. The minimum atomic E-state index is -0.702. The van der Waals surface area contributed by atoms with Crippen molar-refractivity contribution in [2.45, 2.75) is 19.8 Å². The van der Waals surface area contributed by atoms with Gasteiger partial charge < -0.3 is 24.1 Å². The summed E-state index contributed by atoms with van der Waals surface area (Å²) in [6, 6.07) is 37.3. The zero-order chi connectivity index (χ0) is 29.1. The Kier molecular flexibility index (Phi) is 9.11. The predicted molar refractivity (Wildman–Crippen MR) is 157 cm³/mol. The van der Waals surface area contributed by atoms with E-state index in [1.165, 1.54) is 18.2 Å². The van der Waals surface area contributed by atoms with Crippen molar-refractivity contribution in [3.8, 4) is 23.0 Å². The van der Waals surface area contributed by atoms with Crippen molar-refractivity contribution in [1.82, 2.24) is 0 Å². The van der Waals surface area contributed by atoms with Crippen molar-refractivity contribution >= 4 is 11.9 Å². The topological polar surface area (TPSA) is 91.3 Å². The van der Waals surface area contributed by atoms with Gasteiger partial charge >= 0.3 is 11.9 Å². The average molecular weight is 561 g/mol. The number of esters is 2. The summed E-state index contributed by atoms with van der Waals surface area (Å²) in [5, 5.41) is 10.5. The third-order valence-corrected chi connectivity index (χ3v) is 6.27. The van der Waals surface area contributed by atoms with Crippen LogP contribution in [0.5, 0.6) is 23.0 Å². The first-order valence-electron chi connectivity index (χ1n) is 13.3. The second-order valence-electron chi connectivity index (χ2n) is 9.34. The van der Waals surface area contributed by atoms with Crippen LogP contribution in [-0.4, -0.2) is 17.0 Å². The molecule has 0 fully saturated rings. The van der Waals surface area contributed by atoms with Crippen LogP contribution in [0.2, 0.25) is 0 Å². The van der Waals surface area contributed by atoms with Gasteiger partial charge in [0.2, 0.25) is 0 Å². The van der Waals surface area contributed by atoms with Gasteiger partial charge in [-0.25, -0.2) is 9.59 Å². The number of phenolic OH excluding ortho intramolecular Hbond substituents is 1. The van der Waals surface area contributed by atoms with Crippen LogP contribution < -0.4 is 14.2 Å². The van der Waals surface area contributed by atoms with E-state index in [0.29, 0.717) is 12.4 Å². The molecule has 0 saturated carbocycles. The van der Waals surface area contributed by atoms with Gasteiger partial charge in [0.05, 0.1) is 0 Å². The molecular formula is C35H28O7. The van der Waals surface area contributed by atoms with E-state index in [4.69, 9.17) is 18.9 Å². The third-order valence-electron chi connectivity index (χ3n) is 6.27. The maximum absolute atomic E-state index is 13.2. The lowest BCUT2D eigenvalue weighted by molar-refractivity contribution is 0.0469. The summed E-state index contributed by atoms with van der Waals surface area (Å²) < 4.78 is 22.8. The van der Waals surface area contributed by atoms with E-state index in [0.717, 1.165) is 16.7 Å². The fraction of sp³-hybridized carbons (Fsp3) is 0.0857. The Morgan fingerprint density at radius 2 is 1.05 bits per heavy atom. The lowest BCUT2D eigenvalue weighted by atomic mass is 10.1. The first-order chi connectivity index (χ1) is 20.5. The Bertz CT molecular complexity index is 1630. The van der Waals surface area contributed by atoms with Crippen molar-refractivity contribution in [2.24, 2.45) is 0 Å². The molecule has 42 heavy (non-hydrogen) atoms. The van der Waals surface area contributed by atoms with Gasteiger partial charge in [-0.2, -0.15) is 0 Å². The van der Waals surface area contributed by atoms with E-state index in [-0.39, 0.29) is 41.6 Å². The molecule has 0 aliphatic heterocycles. The van der Waals surface area contributed by atoms with Crippen molar-refractivity contribution in [2.75, 3.05) is 0 Å². The predicted octanol–water partition coefficient (Wildman–Crippen LogP) is 7.13. The van der Waals surface area contributed by atoms with Gasteiger partial charge in [0.15, 0.2) is 0 Å². The van der Waals surface area contributed by atoms with Gasteiger partial charge in [0.1, 0.15) is 53.9 Å². The van der Waals surface area contributed by atoms with Crippen molar-refractivity contribution < 1.29 is 33.6 Å². The number of carbonyl (C=O) groups is 2. The molecular weight excluding hydrogens is 532 g/mol. The maximum Gasteiger partial charge on any atom is 0.347 e. The van der Waals surface area contributed by atoms with Crippen LogP contribution in [0, 0.1) is 0 Å². The summed E-state index contributed by atoms with van der Waals surface area (Å²) in [6.45, 7) is 0.638. The van der Waals surface area contributed by atoms with E-state index in [9.17, 15) is 14.7 Å². The Balaban J connectivity index is 1.29. The normalized spacial score (nSPS) is 10.5. The van der Waals surface area contributed by atoms with E-state index in [2.05, 4.69) is 0 Å². The molecule has 0 amide bonds. The molecule has 5 rings (SSSR count). The van der Waals surface area contributed by atoms with E-state index in [1.807, 2.05) is 91.0 Å². The first-order valence-corrected chi connectivity index (χ1v) is 13.3. The summed E-state index contributed by atoms with van der Waals surface area (Å²) in [5.41, 5.74) is 2.87. The molecule has 0 atom stereocenters. The molecule has 210 valence electrons. The molecule has 0 aromatic heterocycles. The number of hydrogen-bond acceptors (Lipinski definition) is 7. The largest absolute Gasteiger partial charge is 0.507 e. The van der Waals surface area contributed by atoms with E-state index < -0.39 is 11.9 Å². The fourth-order valence-electron chi connectivity index (χ4n) is 4.07. The molecule has 0 spiro atoms. The molecule has 5 aromatic rings. The van der Waals surface area contributed by atoms with Gasteiger partial charge in [0, 0.05) is 12.1 Å². The Morgan fingerprint density at radius 1 is 0.524 bits per heavy atom. The van der Waals surface area contributed by atoms with E-state index in [1.54, 1.807) is 18.2 Å². The molecule has 7 nitrogen and oxygen atoms in total. The molecule has 5 aromatic carbocycles. The Hall–Kier alpha value is -5.56. The molecule has 0 bridgehead atoms. The number of ether oxygens (including phenoxy) is 4. The number of phenols is 1. The smallest absolute Gasteiger partial charge is 0.347 e. The number of aromatic hydroxyl groups is 1. The number of carbonyl (C=O) groups excluding carboxylic acids is 2. The molecule has 1 N–H and O–H groups in total. The van der Waals surface area contributed by atoms with Gasteiger partial charge in [-0.3, -0.25) is 0 Å². The van der Waals surface area contributed by atoms with Gasteiger partial charge in [-0.1, -0.05) is 91.0 Å². The van der Waals surface area contributed by atoms with Crippen molar-refractivity contribution in [1.29, 1.82) is 0 Å². The highest BCUT2D eigenvalue weighted by Gasteiger charge is 2.19. The molecule has 0 saturated heterocycles. The summed E-state index contributed by atoms with van der Waals surface area (Å²) in [7, 11) is 0. The van der Waals surface area contributed by atoms with Crippen molar-refractivity contribution in [3.63, 3.8) is 0 Å². The van der Waals surface area contributed by atoms with Crippen LogP contribution in [0.25, 0.3) is 0 Å². The van der Waals surface area contributed by atoms with Crippen LogP contribution in [0.15, 0.2) is 127 Å². The quantitative estimate of drug-likeness (QED) is 0.136. The third kappa shape index (κ3) is 7.55. The number of hydrogen-bond donors (Lipinski definition) is 1. The Morgan fingerprint density at radius 3 is 1.64 bits per heavy atom.